The molecule has 0 amide bonds. The van der Waals surface area contributed by atoms with Crippen LogP contribution in [0.2, 0.25) is 0 Å². The summed E-state index contributed by atoms with van der Waals surface area (Å²) >= 11 is 0. The summed E-state index contributed by atoms with van der Waals surface area (Å²) in [7, 11) is 0. The van der Waals surface area contributed by atoms with E-state index in [1.807, 2.05) is 0 Å². The second-order valence-electron chi connectivity index (χ2n) is 3.18. The lowest BCUT2D eigenvalue weighted by Gasteiger charge is -2.11. The molecule has 0 fully saturated rings. The molecule has 17 heavy (non-hydrogen) atoms. The quantitative estimate of drug-likeness (QED) is 0.653. The Kier molecular flexibility index (Phi) is 3.35. The molecule has 0 aromatic heterocycles. The molecule has 92 valence electrons. The molecule has 1 rings (SSSR count). The Morgan fingerprint density at radius 1 is 1.47 bits per heavy atom. The van der Waals surface area contributed by atoms with Crippen LogP contribution >= 0.6 is 0 Å². The second kappa shape index (κ2) is 4.40. The van der Waals surface area contributed by atoms with Crippen molar-refractivity contribution in [2.45, 2.75) is 12.3 Å². The van der Waals surface area contributed by atoms with E-state index in [0.717, 1.165) is 18.2 Å². The molecule has 1 N–H and O–H groups in total. The first-order valence-electron chi connectivity index (χ1n) is 4.28. The molecule has 0 spiro atoms. The van der Waals surface area contributed by atoms with Crippen molar-refractivity contribution in [2.75, 3.05) is 0 Å². The molecule has 5 nitrogen and oxygen atoms in total. The second-order valence-corrected chi connectivity index (χ2v) is 3.18. The highest BCUT2D eigenvalue weighted by Crippen LogP contribution is 2.28. The van der Waals surface area contributed by atoms with Gasteiger partial charge in [0.05, 0.1) is 16.9 Å². The molecule has 0 aliphatic heterocycles. The fourth-order valence-electron chi connectivity index (χ4n) is 1.19. The number of alkyl halides is 2. The first-order valence-corrected chi connectivity index (χ1v) is 4.28. The van der Waals surface area contributed by atoms with Crippen molar-refractivity contribution in [1.82, 2.24) is 0 Å². The molecular formula is C9H6F3NO4. The Morgan fingerprint density at radius 2 is 2.06 bits per heavy atom. The number of carboxylic acid groups (broad SMARTS) is 1. The largest absolute Gasteiger partial charge is 0.477 e. The number of nitro groups is 1. The van der Waals surface area contributed by atoms with Crippen LogP contribution in [0.4, 0.5) is 18.9 Å². The highest BCUT2D eigenvalue weighted by molar-refractivity contribution is 5.76. The van der Waals surface area contributed by atoms with Gasteiger partial charge in [0.25, 0.3) is 5.69 Å². The van der Waals surface area contributed by atoms with Crippen LogP contribution in [-0.4, -0.2) is 21.9 Å². The van der Waals surface area contributed by atoms with E-state index >= 15 is 0 Å². The highest BCUT2D eigenvalue weighted by atomic mass is 19.3. The van der Waals surface area contributed by atoms with Crippen LogP contribution in [0, 0.1) is 15.9 Å². The summed E-state index contributed by atoms with van der Waals surface area (Å²) in [5.41, 5.74) is -1.80. The van der Waals surface area contributed by atoms with Crippen LogP contribution in [0.1, 0.15) is 5.56 Å². The Labute approximate surface area is 92.6 Å². The van der Waals surface area contributed by atoms with Gasteiger partial charge in [-0.2, -0.15) is 8.78 Å². The maximum Gasteiger partial charge on any atom is 0.374 e. The van der Waals surface area contributed by atoms with Crippen LogP contribution in [-0.2, 0) is 11.2 Å². The van der Waals surface area contributed by atoms with Gasteiger partial charge in [0, 0.05) is 6.07 Å². The number of hydrogen-bond acceptors (Lipinski definition) is 3. The lowest BCUT2D eigenvalue weighted by molar-refractivity contribution is -0.386. The van der Waals surface area contributed by atoms with E-state index in [4.69, 9.17) is 5.11 Å². The van der Waals surface area contributed by atoms with Crippen molar-refractivity contribution in [1.29, 1.82) is 0 Å². The van der Waals surface area contributed by atoms with Crippen LogP contribution < -0.4 is 0 Å². The Bertz CT molecular complexity index is 475. The highest BCUT2D eigenvalue weighted by Gasteiger charge is 2.41. The fraction of sp³-hybridized carbons (Fsp3) is 0.222. The van der Waals surface area contributed by atoms with Gasteiger partial charge in [-0.05, 0) is 6.07 Å². The number of halogens is 3. The zero-order chi connectivity index (χ0) is 13.2. The van der Waals surface area contributed by atoms with Gasteiger partial charge in [0.1, 0.15) is 5.82 Å². The maximum absolute atomic E-state index is 13.2. The van der Waals surface area contributed by atoms with E-state index < -0.39 is 40.3 Å². The van der Waals surface area contributed by atoms with Crippen LogP contribution in [0.15, 0.2) is 18.2 Å². The Morgan fingerprint density at radius 3 is 2.53 bits per heavy atom. The third-order valence-corrected chi connectivity index (χ3v) is 2.00. The SMILES string of the molecule is O=C(O)C(F)(F)Cc1c(F)cccc1[N+](=O)[O-]. The fourth-order valence-corrected chi connectivity index (χ4v) is 1.19. The predicted molar refractivity (Wildman–Crippen MR) is 49.3 cm³/mol. The van der Waals surface area contributed by atoms with Gasteiger partial charge in [-0.15, -0.1) is 0 Å². The molecule has 0 saturated heterocycles. The van der Waals surface area contributed by atoms with Crippen LogP contribution in [0.3, 0.4) is 0 Å². The molecular weight excluding hydrogens is 243 g/mol. The van der Waals surface area contributed by atoms with E-state index in [-0.39, 0.29) is 0 Å². The molecule has 0 unspecified atom stereocenters. The number of aliphatic carboxylic acids is 1. The molecule has 0 saturated carbocycles. The molecule has 0 bridgehead atoms. The van der Waals surface area contributed by atoms with Crippen molar-refractivity contribution < 1.29 is 28.0 Å². The number of carbonyl (C=O) groups is 1. The molecule has 0 heterocycles. The van der Waals surface area contributed by atoms with Gasteiger partial charge in [0.2, 0.25) is 0 Å². The summed E-state index contributed by atoms with van der Waals surface area (Å²) < 4.78 is 38.9. The minimum atomic E-state index is -4.26. The average molecular weight is 249 g/mol. The Hall–Kier alpha value is -2.12. The zero-order valence-corrected chi connectivity index (χ0v) is 8.19. The number of carboxylic acids is 1. The minimum Gasteiger partial charge on any atom is -0.477 e. The van der Waals surface area contributed by atoms with E-state index in [9.17, 15) is 28.1 Å². The van der Waals surface area contributed by atoms with Crippen molar-refractivity contribution in [3.8, 4) is 0 Å². The monoisotopic (exact) mass is 249 g/mol. The first-order chi connectivity index (χ1) is 7.75. The molecule has 0 aliphatic carbocycles. The minimum absolute atomic E-state index is 0.750. The summed E-state index contributed by atoms with van der Waals surface area (Å²) in [5.74, 6) is -7.96. The number of nitro benzene ring substituents is 1. The van der Waals surface area contributed by atoms with E-state index in [1.54, 1.807) is 0 Å². The van der Waals surface area contributed by atoms with Crippen molar-refractivity contribution in [3.63, 3.8) is 0 Å². The van der Waals surface area contributed by atoms with Gasteiger partial charge in [-0.3, -0.25) is 10.1 Å². The Balaban J connectivity index is 3.22. The van der Waals surface area contributed by atoms with Crippen molar-refractivity contribution in [3.05, 3.63) is 39.7 Å². The van der Waals surface area contributed by atoms with Gasteiger partial charge in [-0.25, -0.2) is 9.18 Å². The number of rotatable bonds is 4. The molecule has 1 aromatic carbocycles. The molecule has 8 heteroatoms. The number of hydrogen-bond donors (Lipinski definition) is 1. The summed E-state index contributed by atoms with van der Waals surface area (Å²) in [5, 5.41) is 18.7. The van der Waals surface area contributed by atoms with Crippen LogP contribution in [0.25, 0.3) is 0 Å². The number of benzene rings is 1. The van der Waals surface area contributed by atoms with Crippen molar-refractivity contribution in [2.24, 2.45) is 0 Å². The standard InChI is InChI=1S/C9H6F3NO4/c10-6-2-1-3-7(13(16)17)5(6)4-9(11,12)8(14)15/h1-3H,4H2,(H,14,15). The normalized spacial score (nSPS) is 11.2. The summed E-state index contributed by atoms with van der Waals surface area (Å²) in [6, 6.07) is 2.56. The third-order valence-electron chi connectivity index (χ3n) is 2.00. The summed E-state index contributed by atoms with van der Waals surface area (Å²) in [4.78, 5) is 19.6. The average Bonchev–Trinajstić information content (AvgIpc) is 2.20. The van der Waals surface area contributed by atoms with Crippen LogP contribution in [0.5, 0.6) is 0 Å². The predicted octanol–water partition coefficient (Wildman–Crippen LogP) is 2.00. The summed E-state index contributed by atoms with van der Waals surface area (Å²) in [6.07, 6.45) is -1.56. The van der Waals surface area contributed by atoms with E-state index in [1.165, 1.54) is 0 Å². The van der Waals surface area contributed by atoms with Gasteiger partial charge in [0.15, 0.2) is 0 Å². The van der Waals surface area contributed by atoms with Gasteiger partial charge < -0.3 is 5.11 Å². The molecule has 0 aliphatic rings. The number of nitrogens with zero attached hydrogens (tertiary/aromatic N) is 1. The van der Waals surface area contributed by atoms with Crippen molar-refractivity contribution >= 4 is 11.7 Å². The molecule has 0 radical (unpaired) electrons. The van der Waals surface area contributed by atoms with E-state index in [2.05, 4.69) is 0 Å². The third kappa shape index (κ3) is 2.71. The van der Waals surface area contributed by atoms with Gasteiger partial charge in [-0.1, -0.05) is 6.07 Å². The smallest absolute Gasteiger partial charge is 0.374 e. The maximum atomic E-state index is 13.2. The lowest BCUT2D eigenvalue weighted by atomic mass is 10.0. The van der Waals surface area contributed by atoms with Gasteiger partial charge >= 0.3 is 11.9 Å². The zero-order valence-electron chi connectivity index (χ0n) is 8.19. The van der Waals surface area contributed by atoms with E-state index in [0.29, 0.717) is 0 Å². The lowest BCUT2D eigenvalue weighted by Crippen LogP contribution is -2.31. The first kappa shape index (κ1) is 12.9. The topological polar surface area (TPSA) is 80.4 Å². The molecule has 1 aromatic rings. The molecule has 0 atom stereocenters. The summed E-state index contributed by atoms with van der Waals surface area (Å²) in [6.45, 7) is 0.